The maximum absolute atomic E-state index is 11.0. The summed E-state index contributed by atoms with van der Waals surface area (Å²) in [7, 11) is 0. The minimum Gasteiger partial charge on any atom is -0.365 e. The van der Waals surface area contributed by atoms with Gasteiger partial charge in [-0.3, -0.25) is 9.79 Å². The van der Waals surface area contributed by atoms with Crippen molar-refractivity contribution < 1.29 is 4.79 Å². The van der Waals surface area contributed by atoms with Gasteiger partial charge < -0.3 is 5.73 Å². The number of carbonyl (C=O) groups is 1. The fraction of sp³-hybridized carbons (Fsp3) is 0.400. The first-order valence-electron chi connectivity index (χ1n) is 4.71. The van der Waals surface area contributed by atoms with Crippen molar-refractivity contribution in [2.75, 3.05) is 0 Å². The van der Waals surface area contributed by atoms with Crippen molar-refractivity contribution in [1.82, 2.24) is 0 Å². The minimum atomic E-state index is -0.377. The Morgan fingerprint density at radius 3 is 2.79 bits per heavy atom. The molecule has 1 aliphatic carbocycles. The molecule has 1 aromatic rings. The lowest BCUT2D eigenvalue weighted by molar-refractivity contribution is 0.100. The van der Waals surface area contributed by atoms with E-state index in [1.54, 1.807) is 0 Å². The summed E-state index contributed by atoms with van der Waals surface area (Å²) in [5.41, 5.74) is 7.18. The van der Waals surface area contributed by atoms with Gasteiger partial charge in [0, 0.05) is 5.71 Å². The standard InChI is InChI=1S/C10H12N2OS/c11-10(13)9-8(5-6-14-9)12-7-3-1-2-4-7/h5-6H,1-4H2,(H2,11,13). The van der Waals surface area contributed by atoms with Crippen molar-refractivity contribution in [2.45, 2.75) is 25.7 Å². The van der Waals surface area contributed by atoms with Crippen molar-refractivity contribution >= 4 is 28.6 Å². The molecule has 0 atom stereocenters. The number of hydrogen-bond acceptors (Lipinski definition) is 3. The molecular weight excluding hydrogens is 196 g/mol. The van der Waals surface area contributed by atoms with Gasteiger partial charge in [0.2, 0.25) is 0 Å². The molecular formula is C10H12N2OS. The number of hydrogen-bond donors (Lipinski definition) is 1. The average Bonchev–Trinajstić information content (AvgIpc) is 2.75. The third-order valence-electron chi connectivity index (χ3n) is 2.33. The number of aliphatic imine (C=N–C) groups is 1. The number of carbonyl (C=O) groups excluding carboxylic acids is 1. The lowest BCUT2D eigenvalue weighted by Crippen LogP contribution is -2.08. The Morgan fingerprint density at radius 1 is 1.43 bits per heavy atom. The maximum atomic E-state index is 11.0. The van der Waals surface area contributed by atoms with Crippen LogP contribution >= 0.6 is 11.3 Å². The molecule has 1 aliphatic rings. The number of amides is 1. The highest BCUT2D eigenvalue weighted by atomic mass is 32.1. The first-order chi connectivity index (χ1) is 6.77. The summed E-state index contributed by atoms with van der Waals surface area (Å²) < 4.78 is 0. The van der Waals surface area contributed by atoms with Gasteiger partial charge in [-0.2, -0.15) is 0 Å². The third-order valence-corrected chi connectivity index (χ3v) is 3.25. The van der Waals surface area contributed by atoms with E-state index in [0.29, 0.717) is 4.88 Å². The fourth-order valence-corrected chi connectivity index (χ4v) is 2.32. The van der Waals surface area contributed by atoms with E-state index in [4.69, 9.17) is 5.73 Å². The summed E-state index contributed by atoms with van der Waals surface area (Å²) in [6.07, 6.45) is 4.56. The second-order valence-electron chi connectivity index (χ2n) is 3.38. The molecule has 0 bridgehead atoms. The van der Waals surface area contributed by atoms with Crippen LogP contribution in [0.1, 0.15) is 35.4 Å². The summed E-state index contributed by atoms with van der Waals surface area (Å²) >= 11 is 1.36. The van der Waals surface area contributed by atoms with Gasteiger partial charge in [-0.25, -0.2) is 0 Å². The lowest BCUT2D eigenvalue weighted by Gasteiger charge is -1.96. The summed E-state index contributed by atoms with van der Waals surface area (Å²) in [5, 5.41) is 1.86. The molecule has 2 rings (SSSR count). The molecule has 74 valence electrons. The molecule has 1 amide bonds. The molecule has 3 nitrogen and oxygen atoms in total. The SMILES string of the molecule is NC(=O)c1sccc1N=C1CCCC1. The Morgan fingerprint density at radius 2 is 2.14 bits per heavy atom. The van der Waals surface area contributed by atoms with Gasteiger partial charge in [0.05, 0.1) is 5.69 Å². The predicted octanol–water partition coefficient (Wildman–Crippen LogP) is 2.49. The molecule has 0 unspecified atom stereocenters. The largest absolute Gasteiger partial charge is 0.365 e. The predicted molar refractivity (Wildman–Crippen MR) is 58.4 cm³/mol. The van der Waals surface area contributed by atoms with Crippen LogP contribution in [0.25, 0.3) is 0 Å². The van der Waals surface area contributed by atoms with E-state index >= 15 is 0 Å². The molecule has 0 aliphatic heterocycles. The van der Waals surface area contributed by atoms with Crippen molar-refractivity contribution in [1.29, 1.82) is 0 Å². The zero-order valence-corrected chi connectivity index (χ0v) is 8.64. The zero-order chi connectivity index (χ0) is 9.97. The first-order valence-corrected chi connectivity index (χ1v) is 5.59. The van der Waals surface area contributed by atoms with Crippen LogP contribution in [0.2, 0.25) is 0 Å². The molecule has 14 heavy (non-hydrogen) atoms. The highest BCUT2D eigenvalue weighted by Crippen LogP contribution is 2.27. The molecule has 0 radical (unpaired) electrons. The van der Waals surface area contributed by atoms with Crippen LogP contribution in [-0.2, 0) is 0 Å². The molecule has 0 saturated heterocycles. The van der Waals surface area contributed by atoms with Gasteiger partial charge in [-0.05, 0) is 37.1 Å². The van der Waals surface area contributed by atoms with Gasteiger partial charge in [-0.1, -0.05) is 0 Å². The molecule has 0 spiro atoms. The van der Waals surface area contributed by atoms with Gasteiger partial charge in [-0.15, -0.1) is 11.3 Å². The average molecular weight is 208 g/mol. The van der Waals surface area contributed by atoms with Crippen LogP contribution in [0.5, 0.6) is 0 Å². The Kier molecular flexibility index (Phi) is 2.63. The van der Waals surface area contributed by atoms with Crippen molar-refractivity contribution in [3.8, 4) is 0 Å². The van der Waals surface area contributed by atoms with Gasteiger partial charge in [0.25, 0.3) is 5.91 Å². The van der Waals surface area contributed by atoms with Crippen LogP contribution in [0.3, 0.4) is 0 Å². The number of primary amides is 1. The van der Waals surface area contributed by atoms with Gasteiger partial charge in [0.15, 0.2) is 0 Å². The molecule has 1 aromatic heterocycles. The topological polar surface area (TPSA) is 55.5 Å². The van der Waals surface area contributed by atoms with E-state index < -0.39 is 0 Å². The fourth-order valence-electron chi connectivity index (χ4n) is 1.64. The molecule has 4 heteroatoms. The molecule has 1 heterocycles. The van der Waals surface area contributed by atoms with Crippen LogP contribution < -0.4 is 5.73 Å². The molecule has 1 saturated carbocycles. The zero-order valence-electron chi connectivity index (χ0n) is 7.82. The van der Waals surface area contributed by atoms with Crippen LogP contribution in [0, 0.1) is 0 Å². The van der Waals surface area contributed by atoms with E-state index in [0.717, 1.165) is 18.5 Å². The summed E-state index contributed by atoms with van der Waals surface area (Å²) in [5.74, 6) is -0.377. The van der Waals surface area contributed by atoms with E-state index in [-0.39, 0.29) is 5.91 Å². The second-order valence-corrected chi connectivity index (χ2v) is 4.30. The second kappa shape index (κ2) is 3.92. The lowest BCUT2D eigenvalue weighted by atomic mass is 10.3. The molecule has 2 N–H and O–H groups in total. The molecule has 0 aromatic carbocycles. The maximum Gasteiger partial charge on any atom is 0.260 e. The van der Waals surface area contributed by atoms with E-state index in [1.165, 1.54) is 29.9 Å². The number of nitrogens with two attached hydrogens (primary N) is 1. The van der Waals surface area contributed by atoms with Crippen LogP contribution in [0.4, 0.5) is 5.69 Å². The van der Waals surface area contributed by atoms with Crippen molar-refractivity contribution in [2.24, 2.45) is 10.7 Å². The van der Waals surface area contributed by atoms with Crippen LogP contribution in [0.15, 0.2) is 16.4 Å². The number of nitrogens with zero attached hydrogens (tertiary/aromatic N) is 1. The smallest absolute Gasteiger partial charge is 0.260 e. The van der Waals surface area contributed by atoms with Crippen molar-refractivity contribution in [3.05, 3.63) is 16.3 Å². The third kappa shape index (κ3) is 1.85. The number of rotatable bonds is 2. The van der Waals surface area contributed by atoms with Gasteiger partial charge >= 0.3 is 0 Å². The Hall–Kier alpha value is -1.16. The van der Waals surface area contributed by atoms with Gasteiger partial charge in [0.1, 0.15) is 4.88 Å². The summed E-state index contributed by atoms with van der Waals surface area (Å²) in [6, 6.07) is 1.86. The monoisotopic (exact) mass is 208 g/mol. The number of thiophene rings is 1. The Balaban J connectivity index is 2.27. The van der Waals surface area contributed by atoms with Crippen LogP contribution in [-0.4, -0.2) is 11.6 Å². The van der Waals surface area contributed by atoms with E-state index in [9.17, 15) is 4.79 Å². The highest BCUT2D eigenvalue weighted by molar-refractivity contribution is 7.12. The normalized spacial score (nSPS) is 15.9. The summed E-state index contributed by atoms with van der Waals surface area (Å²) in [4.78, 5) is 16.1. The van der Waals surface area contributed by atoms with Crippen molar-refractivity contribution in [3.63, 3.8) is 0 Å². The first kappa shape index (κ1) is 9.40. The van der Waals surface area contributed by atoms with E-state index in [2.05, 4.69) is 4.99 Å². The molecule has 1 fully saturated rings. The Labute approximate surface area is 86.7 Å². The minimum absolute atomic E-state index is 0.377. The van der Waals surface area contributed by atoms with E-state index in [1.807, 2.05) is 11.4 Å². The summed E-state index contributed by atoms with van der Waals surface area (Å²) in [6.45, 7) is 0. The highest BCUT2D eigenvalue weighted by Gasteiger charge is 2.12. The quantitative estimate of drug-likeness (QED) is 0.797. The Bertz CT molecular complexity index is 373.